The van der Waals surface area contributed by atoms with Crippen LogP contribution in [0.5, 0.6) is 11.5 Å². The molecule has 0 radical (unpaired) electrons. The lowest BCUT2D eigenvalue weighted by molar-refractivity contribution is 0.213. The lowest BCUT2D eigenvalue weighted by Gasteiger charge is -2.18. The summed E-state index contributed by atoms with van der Waals surface area (Å²) >= 11 is 6.03. The molecule has 8 nitrogen and oxygen atoms in total. The first-order valence-electron chi connectivity index (χ1n) is 9.99. The van der Waals surface area contributed by atoms with Crippen molar-refractivity contribution in [3.05, 3.63) is 59.4 Å². The number of nitrogens with zero attached hydrogens (tertiary/aromatic N) is 3. The topological polar surface area (TPSA) is 93.8 Å². The molecule has 172 valence electrons. The number of benzene rings is 2. The van der Waals surface area contributed by atoms with Crippen molar-refractivity contribution in [1.82, 2.24) is 20.8 Å². The van der Waals surface area contributed by atoms with E-state index in [1.54, 1.807) is 19.2 Å². The van der Waals surface area contributed by atoms with Gasteiger partial charge in [-0.2, -0.15) is 4.98 Å². The average Bonchev–Trinajstić information content (AvgIpc) is 3.25. The maximum Gasteiger partial charge on any atom is 0.248 e. The van der Waals surface area contributed by atoms with Crippen LogP contribution in [0.3, 0.4) is 0 Å². The summed E-state index contributed by atoms with van der Waals surface area (Å²) in [5.74, 6) is 2.90. The highest BCUT2D eigenvalue weighted by atomic mass is 127. The van der Waals surface area contributed by atoms with Crippen LogP contribution in [0.1, 0.15) is 19.7 Å². The van der Waals surface area contributed by atoms with Gasteiger partial charge in [-0.3, -0.25) is 0 Å². The van der Waals surface area contributed by atoms with E-state index in [-0.39, 0.29) is 36.6 Å². The first-order chi connectivity index (χ1) is 15.1. The molecule has 3 rings (SSSR count). The molecule has 1 heterocycles. The van der Waals surface area contributed by atoms with Gasteiger partial charge in [0.1, 0.15) is 12.6 Å². The number of hydrogen-bond donors (Lipinski definition) is 2. The summed E-state index contributed by atoms with van der Waals surface area (Å²) in [6.07, 6.45) is -0.113. The smallest absolute Gasteiger partial charge is 0.248 e. The normalized spacial score (nSPS) is 11.9. The van der Waals surface area contributed by atoms with Gasteiger partial charge in [-0.05, 0) is 38.1 Å². The predicted molar refractivity (Wildman–Crippen MR) is 136 cm³/mol. The SMILES string of the molecule is CCNC(=NCc1nc(-c2cccc(Cl)c2)no1)NCC(C)Oc1ccccc1OC.I. The predicted octanol–water partition coefficient (Wildman–Crippen LogP) is 4.54. The number of nitrogens with one attached hydrogen (secondary N) is 2. The Balaban J connectivity index is 0.00000363. The lowest BCUT2D eigenvalue weighted by atomic mass is 10.2. The van der Waals surface area contributed by atoms with Crippen LogP contribution in [0, 0.1) is 0 Å². The molecule has 2 N–H and O–H groups in total. The number of methoxy groups -OCH3 is 1. The van der Waals surface area contributed by atoms with E-state index < -0.39 is 0 Å². The zero-order valence-electron chi connectivity index (χ0n) is 18.2. The van der Waals surface area contributed by atoms with Crippen molar-refractivity contribution in [3.63, 3.8) is 0 Å². The number of hydrogen-bond acceptors (Lipinski definition) is 6. The largest absolute Gasteiger partial charge is 0.493 e. The maximum absolute atomic E-state index is 6.03. The fourth-order valence-corrected chi connectivity index (χ4v) is 2.96. The zero-order chi connectivity index (χ0) is 22.1. The molecule has 10 heteroatoms. The van der Waals surface area contributed by atoms with Crippen LogP contribution in [0.2, 0.25) is 5.02 Å². The number of halogens is 2. The molecule has 0 spiro atoms. The van der Waals surface area contributed by atoms with Gasteiger partial charge in [0.25, 0.3) is 0 Å². The Morgan fingerprint density at radius 3 is 2.66 bits per heavy atom. The minimum atomic E-state index is -0.113. The summed E-state index contributed by atoms with van der Waals surface area (Å²) in [5.41, 5.74) is 0.791. The van der Waals surface area contributed by atoms with Gasteiger partial charge in [0.15, 0.2) is 17.5 Å². The van der Waals surface area contributed by atoms with Crippen molar-refractivity contribution in [2.75, 3.05) is 20.2 Å². The molecule has 0 bridgehead atoms. The highest BCUT2D eigenvalue weighted by Crippen LogP contribution is 2.26. The molecular weight excluding hydrogens is 545 g/mol. The molecule has 1 aromatic heterocycles. The van der Waals surface area contributed by atoms with Gasteiger partial charge in [-0.25, -0.2) is 4.99 Å². The van der Waals surface area contributed by atoms with E-state index in [4.69, 9.17) is 25.6 Å². The van der Waals surface area contributed by atoms with Gasteiger partial charge >= 0.3 is 0 Å². The molecule has 0 aliphatic heterocycles. The molecule has 3 aromatic rings. The first kappa shape index (κ1) is 25.7. The number of aliphatic imine (C=N–C) groups is 1. The van der Waals surface area contributed by atoms with Crippen LogP contribution in [-0.2, 0) is 6.54 Å². The second-order valence-corrected chi connectivity index (χ2v) is 7.11. The Bertz CT molecular complexity index is 1010. The molecule has 0 saturated carbocycles. The Hall–Kier alpha value is -2.53. The summed E-state index contributed by atoms with van der Waals surface area (Å²) < 4.78 is 16.6. The second-order valence-electron chi connectivity index (χ2n) is 6.68. The molecule has 1 unspecified atom stereocenters. The highest BCUT2D eigenvalue weighted by molar-refractivity contribution is 14.0. The van der Waals surface area contributed by atoms with E-state index in [9.17, 15) is 0 Å². The first-order valence-corrected chi connectivity index (χ1v) is 10.4. The third-order valence-electron chi connectivity index (χ3n) is 4.22. The summed E-state index contributed by atoms with van der Waals surface area (Å²) in [6, 6.07) is 14.8. The van der Waals surface area contributed by atoms with Gasteiger partial charge < -0.3 is 24.6 Å². The van der Waals surface area contributed by atoms with Crippen LogP contribution in [0.15, 0.2) is 58.0 Å². The summed E-state index contributed by atoms with van der Waals surface area (Å²) in [7, 11) is 1.62. The van der Waals surface area contributed by atoms with Crippen molar-refractivity contribution in [2.45, 2.75) is 26.5 Å². The Labute approximate surface area is 209 Å². The Morgan fingerprint density at radius 2 is 1.94 bits per heavy atom. The van der Waals surface area contributed by atoms with Gasteiger partial charge in [-0.1, -0.05) is 41.0 Å². The molecular formula is C22H27ClIN5O3. The monoisotopic (exact) mass is 571 g/mol. The summed E-state index contributed by atoms with van der Waals surface area (Å²) in [6.45, 7) is 5.46. The number of aromatic nitrogens is 2. The lowest BCUT2D eigenvalue weighted by Crippen LogP contribution is -2.41. The number of para-hydroxylation sites is 2. The van der Waals surface area contributed by atoms with Gasteiger partial charge in [0, 0.05) is 17.1 Å². The van der Waals surface area contributed by atoms with Crippen LogP contribution in [-0.4, -0.2) is 42.4 Å². The van der Waals surface area contributed by atoms with Crippen molar-refractivity contribution in [2.24, 2.45) is 4.99 Å². The van der Waals surface area contributed by atoms with E-state index in [0.717, 1.165) is 5.56 Å². The molecule has 0 fully saturated rings. The van der Waals surface area contributed by atoms with E-state index in [1.807, 2.05) is 50.2 Å². The molecule has 32 heavy (non-hydrogen) atoms. The third kappa shape index (κ3) is 7.56. The van der Waals surface area contributed by atoms with Gasteiger partial charge in [-0.15, -0.1) is 24.0 Å². The van der Waals surface area contributed by atoms with Crippen LogP contribution in [0.25, 0.3) is 11.4 Å². The fourth-order valence-electron chi connectivity index (χ4n) is 2.77. The Morgan fingerprint density at radius 1 is 1.16 bits per heavy atom. The van der Waals surface area contributed by atoms with Gasteiger partial charge in [0.05, 0.1) is 13.7 Å². The molecule has 2 aromatic carbocycles. The number of ether oxygens (including phenoxy) is 2. The van der Waals surface area contributed by atoms with E-state index in [1.165, 1.54) is 0 Å². The molecule has 0 aliphatic carbocycles. The minimum Gasteiger partial charge on any atom is -0.493 e. The average molecular weight is 572 g/mol. The van der Waals surface area contributed by atoms with E-state index in [0.29, 0.717) is 47.3 Å². The summed E-state index contributed by atoms with van der Waals surface area (Å²) in [4.78, 5) is 8.90. The quantitative estimate of drug-likeness (QED) is 0.221. The molecule has 0 saturated heterocycles. The van der Waals surface area contributed by atoms with E-state index in [2.05, 4.69) is 25.8 Å². The molecule has 1 atom stereocenters. The standard InChI is InChI=1S/C22H26ClN5O3.HI/c1-4-24-22(25-13-15(2)30-19-11-6-5-10-18(19)29-3)26-14-20-27-21(28-31-20)16-8-7-9-17(23)12-16;/h5-12,15H,4,13-14H2,1-3H3,(H2,24,25,26);1H. The second kappa shape index (κ2) is 13.1. The third-order valence-corrected chi connectivity index (χ3v) is 4.46. The van der Waals surface area contributed by atoms with Crippen LogP contribution >= 0.6 is 35.6 Å². The van der Waals surface area contributed by atoms with Crippen molar-refractivity contribution in [1.29, 1.82) is 0 Å². The van der Waals surface area contributed by atoms with Crippen LogP contribution in [0.4, 0.5) is 0 Å². The summed E-state index contributed by atoms with van der Waals surface area (Å²) in [5, 5.41) is 11.1. The van der Waals surface area contributed by atoms with Crippen molar-refractivity contribution >= 4 is 41.5 Å². The van der Waals surface area contributed by atoms with Crippen molar-refractivity contribution in [3.8, 4) is 22.9 Å². The number of guanidine groups is 1. The van der Waals surface area contributed by atoms with Crippen LogP contribution < -0.4 is 20.1 Å². The molecule has 0 amide bonds. The maximum atomic E-state index is 6.03. The Kier molecular flexibility index (Phi) is 10.5. The minimum absolute atomic E-state index is 0. The van der Waals surface area contributed by atoms with Crippen molar-refractivity contribution < 1.29 is 14.0 Å². The van der Waals surface area contributed by atoms with E-state index >= 15 is 0 Å². The highest BCUT2D eigenvalue weighted by Gasteiger charge is 2.11. The van der Waals surface area contributed by atoms with Gasteiger partial charge in [0.2, 0.25) is 11.7 Å². The number of rotatable bonds is 9. The fraction of sp³-hybridized carbons (Fsp3) is 0.318. The zero-order valence-corrected chi connectivity index (χ0v) is 21.3. The molecule has 0 aliphatic rings.